The first kappa shape index (κ1) is 10.1. The molecule has 1 aromatic rings. The monoisotopic (exact) mass is 199 g/mol. The highest BCUT2D eigenvalue weighted by Gasteiger charge is 2.21. The maximum absolute atomic E-state index is 10.7. The van der Waals surface area contributed by atoms with Crippen molar-refractivity contribution >= 4 is 5.97 Å². The maximum atomic E-state index is 10.7. The molecule has 2 N–H and O–H groups in total. The average molecular weight is 199 g/mol. The van der Waals surface area contributed by atoms with Crippen LogP contribution in [0.5, 0.6) is 17.4 Å². The Hall–Kier alpha value is -1.98. The molecule has 0 spiro atoms. The summed E-state index contributed by atoms with van der Waals surface area (Å²) in [6, 6.07) is 0. The zero-order valence-corrected chi connectivity index (χ0v) is 7.64. The Morgan fingerprint density at radius 3 is 2.50 bits per heavy atom. The summed E-state index contributed by atoms with van der Waals surface area (Å²) >= 11 is 0. The lowest BCUT2D eigenvalue weighted by atomic mass is 10.2. The summed E-state index contributed by atoms with van der Waals surface area (Å²) in [4.78, 5) is 14.4. The number of hydrogen-bond donors (Lipinski definition) is 2. The van der Waals surface area contributed by atoms with Crippen LogP contribution in [0.4, 0.5) is 0 Å². The Balaban J connectivity index is 3.42. The quantitative estimate of drug-likeness (QED) is 0.736. The Bertz CT molecular complexity index is 363. The molecule has 0 saturated carbocycles. The van der Waals surface area contributed by atoms with Crippen LogP contribution in [0, 0.1) is 0 Å². The van der Waals surface area contributed by atoms with Gasteiger partial charge in [0.2, 0.25) is 0 Å². The van der Waals surface area contributed by atoms with E-state index in [0.29, 0.717) is 0 Å². The van der Waals surface area contributed by atoms with Gasteiger partial charge in [0.05, 0.1) is 20.4 Å². The van der Waals surface area contributed by atoms with Crippen molar-refractivity contribution in [2.75, 3.05) is 14.2 Å². The van der Waals surface area contributed by atoms with Gasteiger partial charge in [-0.1, -0.05) is 0 Å². The number of aromatic carboxylic acids is 1. The second kappa shape index (κ2) is 3.82. The molecule has 0 aliphatic heterocycles. The summed E-state index contributed by atoms with van der Waals surface area (Å²) in [5, 5.41) is 18.0. The molecule has 0 aliphatic rings. The first-order chi connectivity index (χ1) is 6.61. The number of nitrogens with zero attached hydrogens (tertiary/aromatic N) is 1. The lowest BCUT2D eigenvalue weighted by Crippen LogP contribution is -2.04. The van der Waals surface area contributed by atoms with Crippen molar-refractivity contribution in [2.24, 2.45) is 0 Å². The number of rotatable bonds is 3. The lowest BCUT2D eigenvalue weighted by molar-refractivity contribution is 0.0688. The molecule has 0 fully saturated rings. The van der Waals surface area contributed by atoms with Crippen molar-refractivity contribution in [3.8, 4) is 17.4 Å². The molecule has 14 heavy (non-hydrogen) atoms. The van der Waals surface area contributed by atoms with E-state index in [9.17, 15) is 9.90 Å². The summed E-state index contributed by atoms with van der Waals surface area (Å²) in [5.41, 5.74) is -0.362. The predicted octanol–water partition coefficient (Wildman–Crippen LogP) is 0.503. The van der Waals surface area contributed by atoms with Gasteiger partial charge in [-0.05, 0) is 0 Å². The summed E-state index contributed by atoms with van der Waals surface area (Å²) in [6.45, 7) is 0. The van der Waals surface area contributed by atoms with Gasteiger partial charge in [-0.15, -0.1) is 0 Å². The Kier molecular flexibility index (Phi) is 2.76. The fourth-order valence-corrected chi connectivity index (χ4v) is 1.01. The first-order valence-electron chi connectivity index (χ1n) is 3.65. The third-order valence-corrected chi connectivity index (χ3v) is 1.59. The van der Waals surface area contributed by atoms with Crippen molar-refractivity contribution in [1.29, 1.82) is 0 Å². The Labute approximate surface area is 79.7 Å². The van der Waals surface area contributed by atoms with E-state index in [1.165, 1.54) is 14.2 Å². The molecule has 0 saturated heterocycles. The van der Waals surface area contributed by atoms with Gasteiger partial charge in [0.15, 0.2) is 17.1 Å². The van der Waals surface area contributed by atoms with Crippen LogP contribution in [0.25, 0.3) is 0 Å². The number of carboxylic acids is 1. The minimum absolute atomic E-state index is 0.0164. The molecule has 0 amide bonds. The van der Waals surface area contributed by atoms with E-state index in [4.69, 9.17) is 14.6 Å². The zero-order chi connectivity index (χ0) is 10.7. The first-order valence-corrected chi connectivity index (χ1v) is 3.65. The van der Waals surface area contributed by atoms with Crippen LogP contribution in [0.3, 0.4) is 0 Å². The van der Waals surface area contributed by atoms with Crippen molar-refractivity contribution in [3.05, 3.63) is 11.8 Å². The van der Waals surface area contributed by atoms with Crippen molar-refractivity contribution in [1.82, 2.24) is 4.98 Å². The summed E-state index contributed by atoms with van der Waals surface area (Å²) in [6.07, 6.45) is 0.991. The van der Waals surface area contributed by atoms with E-state index >= 15 is 0 Å². The number of ether oxygens (including phenoxy) is 2. The molecule has 76 valence electrons. The molecular formula is C8H9NO5. The fraction of sp³-hybridized carbons (Fsp3) is 0.250. The Morgan fingerprint density at radius 1 is 1.43 bits per heavy atom. The fourth-order valence-electron chi connectivity index (χ4n) is 1.01. The number of carbonyl (C=O) groups is 1. The van der Waals surface area contributed by atoms with Crippen molar-refractivity contribution in [3.63, 3.8) is 0 Å². The number of carboxylic acid groups (broad SMARTS) is 1. The third kappa shape index (κ3) is 1.54. The molecule has 0 aliphatic carbocycles. The number of aromatic hydroxyl groups is 1. The molecule has 0 unspecified atom stereocenters. The molecule has 6 heteroatoms. The van der Waals surface area contributed by atoms with Gasteiger partial charge in [0.25, 0.3) is 5.88 Å². The second-order valence-corrected chi connectivity index (χ2v) is 2.37. The van der Waals surface area contributed by atoms with E-state index in [-0.39, 0.29) is 17.2 Å². The number of methoxy groups -OCH3 is 2. The molecule has 1 rings (SSSR count). The van der Waals surface area contributed by atoms with E-state index in [1.807, 2.05) is 0 Å². The van der Waals surface area contributed by atoms with Crippen LogP contribution in [-0.4, -0.2) is 35.4 Å². The Morgan fingerprint density at radius 2 is 2.07 bits per heavy atom. The van der Waals surface area contributed by atoms with Crippen LogP contribution in [-0.2, 0) is 0 Å². The molecular weight excluding hydrogens is 190 g/mol. The summed E-state index contributed by atoms with van der Waals surface area (Å²) in [7, 11) is 2.60. The van der Waals surface area contributed by atoms with Gasteiger partial charge in [-0.2, -0.15) is 0 Å². The van der Waals surface area contributed by atoms with Gasteiger partial charge in [-0.25, -0.2) is 9.78 Å². The van der Waals surface area contributed by atoms with Crippen LogP contribution >= 0.6 is 0 Å². The number of aromatic nitrogens is 1. The molecule has 1 aromatic heterocycles. The van der Waals surface area contributed by atoms with Gasteiger partial charge >= 0.3 is 5.97 Å². The maximum Gasteiger partial charge on any atom is 0.343 e. The lowest BCUT2D eigenvalue weighted by Gasteiger charge is -2.09. The zero-order valence-electron chi connectivity index (χ0n) is 7.64. The van der Waals surface area contributed by atoms with Crippen LogP contribution in [0.15, 0.2) is 6.20 Å². The summed E-state index contributed by atoms with van der Waals surface area (Å²) < 4.78 is 9.55. The van der Waals surface area contributed by atoms with Gasteiger partial charge in [0.1, 0.15) is 0 Å². The predicted molar refractivity (Wildman–Crippen MR) is 46.0 cm³/mol. The third-order valence-electron chi connectivity index (χ3n) is 1.59. The largest absolute Gasteiger partial charge is 0.505 e. The smallest absolute Gasteiger partial charge is 0.343 e. The topological polar surface area (TPSA) is 88.9 Å². The molecule has 0 aromatic carbocycles. The van der Waals surface area contributed by atoms with E-state index in [0.717, 1.165) is 6.20 Å². The van der Waals surface area contributed by atoms with E-state index < -0.39 is 11.7 Å². The number of pyridine rings is 1. The molecule has 0 bridgehead atoms. The van der Waals surface area contributed by atoms with Gasteiger partial charge in [-0.3, -0.25) is 0 Å². The van der Waals surface area contributed by atoms with Crippen LogP contribution in [0.1, 0.15) is 10.4 Å². The highest BCUT2D eigenvalue weighted by Crippen LogP contribution is 2.34. The SMILES string of the molecule is COc1ncc(O)c(C(=O)O)c1OC. The van der Waals surface area contributed by atoms with Gasteiger partial charge < -0.3 is 19.7 Å². The highest BCUT2D eigenvalue weighted by atomic mass is 16.5. The highest BCUT2D eigenvalue weighted by molar-refractivity contribution is 5.94. The van der Waals surface area contributed by atoms with Gasteiger partial charge in [0, 0.05) is 0 Å². The summed E-state index contributed by atoms with van der Waals surface area (Å²) in [5.74, 6) is -1.85. The van der Waals surface area contributed by atoms with E-state index in [1.54, 1.807) is 0 Å². The number of hydrogen-bond acceptors (Lipinski definition) is 5. The average Bonchev–Trinajstić information content (AvgIpc) is 2.16. The van der Waals surface area contributed by atoms with Crippen molar-refractivity contribution < 1.29 is 24.5 Å². The second-order valence-electron chi connectivity index (χ2n) is 2.37. The minimum atomic E-state index is -1.31. The molecule has 1 heterocycles. The van der Waals surface area contributed by atoms with Crippen LogP contribution in [0.2, 0.25) is 0 Å². The molecule has 0 atom stereocenters. The van der Waals surface area contributed by atoms with Crippen LogP contribution < -0.4 is 9.47 Å². The minimum Gasteiger partial charge on any atom is -0.505 e. The molecule has 6 nitrogen and oxygen atoms in total. The standard InChI is InChI=1S/C8H9NO5/c1-13-6-5(8(11)12)4(10)3-9-7(6)14-2/h3,10H,1-2H3,(H,11,12). The van der Waals surface area contributed by atoms with E-state index in [2.05, 4.69) is 4.98 Å². The van der Waals surface area contributed by atoms with Crippen molar-refractivity contribution in [2.45, 2.75) is 0 Å². The normalized spacial score (nSPS) is 9.57. The molecule has 0 radical (unpaired) electrons.